The monoisotopic (exact) mass is 521 g/mol. The molecule has 37 heavy (non-hydrogen) atoms. The number of hydrogen-bond donors (Lipinski definition) is 2. The summed E-state index contributed by atoms with van der Waals surface area (Å²) >= 11 is 6.40. The number of phenols is 1. The molecule has 1 aliphatic carbocycles. The van der Waals surface area contributed by atoms with Crippen molar-refractivity contribution < 1.29 is 24.5 Å². The normalized spacial score (nSPS) is 25.6. The van der Waals surface area contributed by atoms with Gasteiger partial charge in [-0.2, -0.15) is 0 Å². The molecule has 194 valence electrons. The summed E-state index contributed by atoms with van der Waals surface area (Å²) in [6, 6.07) is 15.0. The molecule has 2 heterocycles. The molecule has 2 aromatic rings. The number of aromatic hydroxyl groups is 1. The number of likely N-dealkylation sites (tertiary alicyclic amines) is 1. The first kappa shape index (κ1) is 25.7. The van der Waals surface area contributed by atoms with E-state index in [1.54, 1.807) is 12.1 Å². The molecule has 3 aliphatic rings. The van der Waals surface area contributed by atoms with Gasteiger partial charge in [-0.15, -0.1) is 0 Å². The SMILES string of the molecule is CCCN1C(=O)[C@@H]2[C@@H](CC(CO)=C3[C@@H](CC/C(=C/c4ccc(O)cc4Cl)c4ccccc4)OC[C@@H]32)C1=O. The van der Waals surface area contributed by atoms with E-state index in [0.717, 1.165) is 34.3 Å². The second-order valence-corrected chi connectivity index (χ2v) is 10.5. The lowest BCUT2D eigenvalue weighted by molar-refractivity contribution is -0.140. The molecule has 0 unspecified atom stereocenters. The molecule has 2 aromatic carbocycles. The Morgan fingerprint density at radius 3 is 2.62 bits per heavy atom. The smallest absolute Gasteiger partial charge is 0.233 e. The standard InChI is InChI=1S/C30H32ClNO5/c1-2-12-32-29(35)23-14-21(16-33)27-24(28(23)30(32)36)17-37-26(27)11-9-19(18-6-4-3-5-7-18)13-20-8-10-22(34)15-25(20)31/h3-8,10,13,15,23-24,26,28,33-34H,2,9,11-12,14,16-17H2,1H3/b19-13-/t23-,24+,26-,28-/m1/s1. The number of carbonyl (C=O) groups excluding carboxylic acids is 2. The maximum atomic E-state index is 13.2. The number of halogens is 1. The largest absolute Gasteiger partial charge is 0.508 e. The average molecular weight is 522 g/mol. The summed E-state index contributed by atoms with van der Waals surface area (Å²) in [7, 11) is 0. The van der Waals surface area contributed by atoms with Crippen LogP contribution in [0, 0.1) is 17.8 Å². The maximum absolute atomic E-state index is 13.2. The van der Waals surface area contributed by atoms with Crippen LogP contribution in [0.5, 0.6) is 5.75 Å². The fraction of sp³-hybridized carbons (Fsp3) is 0.400. The highest BCUT2D eigenvalue weighted by molar-refractivity contribution is 6.32. The zero-order valence-corrected chi connectivity index (χ0v) is 21.7. The number of imide groups is 1. The van der Waals surface area contributed by atoms with Gasteiger partial charge in [-0.3, -0.25) is 14.5 Å². The van der Waals surface area contributed by atoms with E-state index in [1.807, 2.05) is 43.3 Å². The minimum absolute atomic E-state index is 0.0903. The van der Waals surface area contributed by atoms with Gasteiger partial charge in [0.2, 0.25) is 11.8 Å². The van der Waals surface area contributed by atoms with Crippen LogP contribution in [0.1, 0.15) is 43.7 Å². The number of hydrogen-bond acceptors (Lipinski definition) is 5. The lowest BCUT2D eigenvalue weighted by Gasteiger charge is -2.31. The lowest BCUT2D eigenvalue weighted by atomic mass is 9.69. The molecule has 2 aliphatic heterocycles. The van der Waals surface area contributed by atoms with Gasteiger partial charge in [0.25, 0.3) is 0 Å². The van der Waals surface area contributed by atoms with Crippen molar-refractivity contribution in [1.29, 1.82) is 0 Å². The highest BCUT2D eigenvalue weighted by Crippen LogP contribution is 2.50. The van der Waals surface area contributed by atoms with Gasteiger partial charge in [0.15, 0.2) is 0 Å². The van der Waals surface area contributed by atoms with E-state index in [0.29, 0.717) is 37.4 Å². The van der Waals surface area contributed by atoms with Gasteiger partial charge < -0.3 is 14.9 Å². The number of carbonyl (C=O) groups is 2. The fourth-order valence-electron chi connectivity index (χ4n) is 6.19. The summed E-state index contributed by atoms with van der Waals surface area (Å²) in [5, 5.41) is 20.4. The molecule has 2 amide bonds. The third-order valence-corrected chi connectivity index (χ3v) is 8.20. The predicted octanol–water partition coefficient (Wildman–Crippen LogP) is 5.09. The van der Waals surface area contributed by atoms with Gasteiger partial charge in [-0.1, -0.05) is 48.9 Å². The van der Waals surface area contributed by atoms with Crippen LogP contribution in [0.25, 0.3) is 11.6 Å². The summed E-state index contributed by atoms with van der Waals surface area (Å²) in [6.07, 6.45) is 4.31. The lowest BCUT2D eigenvalue weighted by Crippen LogP contribution is -2.35. The third-order valence-electron chi connectivity index (χ3n) is 7.87. The molecular formula is C30H32ClNO5. The molecule has 4 atom stereocenters. The molecule has 2 fully saturated rings. The van der Waals surface area contributed by atoms with E-state index in [2.05, 4.69) is 0 Å². The van der Waals surface area contributed by atoms with E-state index in [4.69, 9.17) is 16.3 Å². The number of ether oxygens (including phenoxy) is 1. The number of aliphatic hydroxyl groups is 1. The Morgan fingerprint density at radius 1 is 1.14 bits per heavy atom. The van der Waals surface area contributed by atoms with Crippen LogP contribution in [0.3, 0.4) is 0 Å². The Kier molecular flexibility index (Phi) is 7.52. The molecule has 0 aromatic heterocycles. The number of allylic oxidation sites excluding steroid dienone is 1. The Hall–Kier alpha value is -2.93. The van der Waals surface area contributed by atoms with Crippen LogP contribution in [-0.2, 0) is 14.3 Å². The molecule has 0 radical (unpaired) electrons. The molecule has 7 heteroatoms. The molecule has 0 saturated carbocycles. The van der Waals surface area contributed by atoms with Crippen LogP contribution < -0.4 is 0 Å². The minimum atomic E-state index is -0.395. The molecule has 0 bridgehead atoms. The molecule has 6 nitrogen and oxygen atoms in total. The van der Waals surface area contributed by atoms with Crippen LogP contribution in [0.15, 0.2) is 59.7 Å². The number of phenolic OH excluding ortho intramolecular Hbond substituents is 1. The van der Waals surface area contributed by atoms with Crippen molar-refractivity contribution in [2.45, 2.75) is 38.7 Å². The number of fused-ring (bicyclic) bond motifs is 3. The van der Waals surface area contributed by atoms with Gasteiger partial charge >= 0.3 is 0 Å². The Labute approximate surface area is 222 Å². The Bertz CT molecular complexity index is 1250. The number of rotatable bonds is 8. The maximum Gasteiger partial charge on any atom is 0.233 e. The zero-order valence-electron chi connectivity index (χ0n) is 20.9. The predicted molar refractivity (Wildman–Crippen MR) is 143 cm³/mol. The van der Waals surface area contributed by atoms with Crippen molar-refractivity contribution >= 4 is 35.1 Å². The van der Waals surface area contributed by atoms with Crippen LogP contribution in [0.2, 0.25) is 5.02 Å². The van der Waals surface area contributed by atoms with Gasteiger partial charge in [0.05, 0.1) is 36.2 Å². The van der Waals surface area contributed by atoms with Gasteiger partial charge in [0, 0.05) is 12.5 Å². The molecular weight excluding hydrogens is 490 g/mol. The van der Waals surface area contributed by atoms with Crippen molar-refractivity contribution in [3.05, 3.63) is 75.8 Å². The van der Waals surface area contributed by atoms with Crippen LogP contribution in [0.4, 0.5) is 0 Å². The first-order chi connectivity index (χ1) is 17.9. The van der Waals surface area contributed by atoms with Crippen molar-refractivity contribution in [2.24, 2.45) is 17.8 Å². The second-order valence-electron chi connectivity index (χ2n) is 10.1. The second kappa shape index (κ2) is 10.8. The number of benzene rings is 2. The van der Waals surface area contributed by atoms with Gasteiger partial charge in [-0.25, -0.2) is 0 Å². The van der Waals surface area contributed by atoms with Crippen molar-refractivity contribution in [2.75, 3.05) is 19.8 Å². The zero-order chi connectivity index (χ0) is 26.1. The summed E-state index contributed by atoms with van der Waals surface area (Å²) < 4.78 is 6.26. The first-order valence-electron chi connectivity index (χ1n) is 13.0. The summed E-state index contributed by atoms with van der Waals surface area (Å²) in [5.74, 6) is -1.04. The fourth-order valence-corrected chi connectivity index (χ4v) is 6.42. The number of nitrogens with zero attached hydrogens (tertiary/aromatic N) is 1. The van der Waals surface area contributed by atoms with Gasteiger partial charge in [0.1, 0.15) is 5.75 Å². The van der Waals surface area contributed by atoms with E-state index < -0.39 is 11.8 Å². The molecule has 2 saturated heterocycles. The van der Waals surface area contributed by atoms with E-state index >= 15 is 0 Å². The molecule has 2 N–H and O–H groups in total. The van der Waals surface area contributed by atoms with Crippen molar-refractivity contribution in [1.82, 2.24) is 4.90 Å². The quantitative estimate of drug-likeness (QED) is 0.287. The molecule has 5 rings (SSSR count). The summed E-state index contributed by atoms with van der Waals surface area (Å²) in [4.78, 5) is 27.6. The van der Waals surface area contributed by atoms with Crippen molar-refractivity contribution in [3.63, 3.8) is 0 Å². The highest BCUT2D eigenvalue weighted by Gasteiger charge is 2.56. The van der Waals surface area contributed by atoms with E-state index in [1.165, 1.54) is 11.0 Å². The van der Waals surface area contributed by atoms with E-state index in [9.17, 15) is 19.8 Å². The van der Waals surface area contributed by atoms with Crippen LogP contribution >= 0.6 is 11.6 Å². The Morgan fingerprint density at radius 2 is 1.92 bits per heavy atom. The van der Waals surface area contributed by atoms with Crippen LogP contribution in [-0.4, -0.2) is 52.8 Å². The Balaban J connectivity index is 1.41. The number of amides is 2. The third kappa shape index (κ3) is 4.86. The first-order valence-corrected chi connectivity index (χ1v) is 13.3. The topological polar surface area (TPSA) is 87.1 Å². The van der Waals surface area contributed by atoms with E-state index in [-0.39, 0.29) is 36.2 Å². The minimum Gasteiger partial charge on any atom is -0.508 e. The summed E-state index contributed by atoms with van der Waals surface area (Å²) in [5.41, 5.74) is 4.80. The number of aliphatic hydroxyl groups excluding tert-OH is 1. The highest BCUT2D eigenvalue weighted by atomic mass is 35.5. The van der Waals surface area contributed by atoms with Gasteiger partial charge in [-0.05, 0) is 77.8 Å². The average Bonchev–Trinajstić information content (AvgIpc) is 3.42. The van der Waals surface area contributed by atoms with Crippen molar-refractivity contribution in [3.8, 4) is 5.75 Å². The summed E-state index contributed by atoms with van der Waals surface area (Å²) in [6.45, 7) is 2.66. The molecule has 0 spiro atoms.